The van der Waals surface area contributed by atoms with Crippen molar-refractivity contribution in [1.29, 1.82) is 5.26 Å². The monoisotopic (exact) mass is 297 g/mol. The molecule has 0 amide bonds. The number of nitriles is 1. The van der Waals surface area contributed by atoms with Crippen LogP contribution in [0.3, 0.4) is 0 Å². The van der Waals surface area contributed by atoms with Gasteiger partial charge < -0.3 is 4.74 Å². The molecule has 1 aromatic carbocycles. The van der Waals surface area contributed by atoms with E-state index in [1.165, 1.54) is 0 Å². The average Bonchev–Trinajstić information content (AvgIpc) is 3.02. The van der Waals surface area contributed by atoms with Crippen LogP contribution in [0.4, 0.5) is 0 Å². The van der Waals surface area contributed by atoms with Gasteiger partial charge in [0.25, 0.3) is 0 Å². The van der Waals surface area contributed by atoms with E-state index in [1.807, 2.05) is 54.1 Å². The molecule has 0 saturated carbocycles. The Balaban J connectivity index is 2.01. The van der Waals surface area contributed by atoms with Gasteiger partial charge in [-0.1, -0.05) is 0 Å². The number of fused-ring (bicyclic) bond motifs is 1. The van der Waals surface area contributed by atoms with Crippen molar-refractivity contribution >= 4 is 16.3 Å². The minimum atomic E-state index is 0.156. The third kappa shape index (κ3) is 2.63. The van der Waals surface area contributed by atoms with Crippen LogP contribution in [0.2, 0.25) is 0 Å². The maximum absolute atomic E-state index is 9.04. The zero-order valence-corrected chi connectivity index (χ0v) is 12.7. The fourth-order valence-corrected chi connectivity index (χ4v) is 3.00. The van der Waals surface area contributed by atoms with E-state index in [2.05, 4.69) is 11.1 Å². The molecule has 0 spiro atoms. The highest BCUT2D eigenvalue weighted by Gasteiger charge is 2.14. The van der Waals surface area contributed by atoms with E-state index in [0.717, 1.165) is 27.7 Å². The summed E-state index contributed by atoms with van der Waals surface area (Å²) in [4.78, 5) is 5.56. The van der Waals surface area contributed by atoms with Gasteiger partial charge in [0.1, 0.15) is 5.75 Å². The van der Waals surface area contributed by atoms with E-state index in [4.69, 9.17) is 10.00 Å². The number of benzene rings is 1. The van der Waals surface area contributed by atoms with Crippen LogP contribution in [-0.2, 0) is 6.42 Å². The van der Waals surface area contributed by atoms with Crippen LogP contribution in [0.5, 0.6) is 5.75 Å². The minimum absolute atomic E-state index is 0.156. The Labute approximate surface area is 127 Å². The number of nitrogens with zero attached hydrogens (tertiary/aromatic N) is 3. The van der Waals surface area contributed by atoms with E-state index >= 15 is 0 Å². The molecule has 0 aliphatic rings. The molecule has 0 atom stereocenters. The summed E-state index contributed by atoms with van der Waals surface area (Å²) in [7, 11) is 0. The number of hydrogen-bond donors (Lipinski definition) is 0. The highest BCUT2D eigenvalue weighted by Crippen LogP contribution is 2.28. The van der Waals surface area contributed by atoms with Gasteiger partial charge in [0, 0.05) is 17.1 Å². The van der Waals surface area contributed by atoms with E-state index < -0.39 is 0 Å². The fourth-order valence-electron chi connectivity index (χ4n) is 2.27. The van der Waals surface area contributed by atoms with Gasteiger partial charge >= 0.3 is 0 Å². The van der Waals surface area contributed by atoms with E-state index in [0.29, 0.717) is 6.42 Å². The molecule has 0 fully saturated rings. The van der Waals surface area contributed by atoms with Crippen molar-refractivity contribution in [1.82, 2.24) is 9.38 Å². The minimum Gasteiger partial charge on any atom is -0.491 e. The van der Waals surface area contributed by atoms with Gasteiger partial charge in [-0.15, -0.1) is 11.3 Å². The van der Waals surface area contributed by atoms with Gasteiger partial charge in [0.15, 0.2) is 4.96 Å². The lowest BCUT2D eigenvalue weighted by atomic mass is 10.1. The van der Waals surface area contributed by atoms with Gasteiger partial charge in [-0.3, -0.25) is 4.40 Å². The molecule has 21 heavy (non-hydrogen) atoms. The summed E-state index contributed by atoms with van der Waals surface area (Å²) in [5.74, 6) is 0.844. The third-order valence-corrected chi connectivity index (χ3v) is 3.86. The Morgan fingerprint density at radius 2 is 2.10 bits per heavy atom. The zero-order chi connectivity index (χ0) is 14.8. The number of hydrogen-bond acceptors (Lipinski definition) is 4. The molecular weight excluding hydrogens is 282 g/mol. The molecule has 0 unspecified atom stereocenters. The topological polar surface area (TPSA) is 50.3 Å². The molecular formula is C16H15N3OS. The summed E-state index contributed by atoms with van der Waals surface area (Å²) >= 11 is 1.57. The Bertz CT molecular complexity index is 793. The highest BCUT2D eigenvalue weighted by atomic mass is 32.1. The second-order valence-corrected chi connectivity index (χ2v) is 5.86. The number of ether oxygens (including phenoxy) is 1. The molecule has 2 aromatic heterocycles. The molecule has 3 rings (SSSR count). The lowest BCUT2D eigenvalue weighted by molar-refractivity contribution is 0.242. The molecule has 0 aliphatic heterocycles. The molecule has 3 aromatic rings. The van der Waals surface area contributed by atoms with Crippen molar-refractivity contribution in [3.63, 3.8) is 0 Å². The van der Waals surface area contributed by atoms with Gasteiger partial charge in [-0.2, -0.15) is 5.26 Å². The summed E-state index contributed by atoms with van der Waals surface area (Å²) in [6.07, 6.45) is 2.46. The highest BCUT2D eigenvalue weighted by molar-refractivity contribution is 7.15. The molecule has 2 heterocycles. The molecule has 0 N–H and O–H groups in total. The molecule has 0 radical (unpaired) electrons. The molecule has 106 valence electrons. The van der Waals surface area contributed by atoms with Crippen molar-refractivity contribution in [3.05, 3.63) is 41.5 Å². The van der Waals surface area contributed by atoms with Crippen LogP contribution in [0.1, 0.15) is 19.5 Å². The number of aromatic nitrogens is 2. The first-order valence-corrected chi connectivity index (χ1v) is 7.65. The fraction of sp³-hybridized carbons (Fsp3) is 0.250. The molecule has 4 nitrogen and oxygen atoms in total. The molecule has 0 saturated heterocycles. The second kappa shape index (κ2) is 5.58. The predicted molar refractivity (Wildman–Crippen MR) is 83.6 cm³/mol. The van der Waals surface area contributed by atoms with Crippen molar-refractivity contribution in [2.45, 2.75) is 26.4 Å². The SMILES string of the molecule is CC(C)Oc1ccc(-c2nc3sccn3c2CC#N)cc1. The maximum atomic E-state index is 9.04. The van der Waals surface area contributed by atoms with Crippen LogP contribution in [-0.4, -0.2) is 15.5 Å². The third-order valence-electron chi connectivity index (χ3n) is 3.11. The second-order valence-electron chi connectivity index (χ2n) is 4.99. The van der Waals surface area contributed by atoms with E-state index in [9.17, 15) is 0 Å². The largest absolute Gasteiger partial charge is 0.491 e. The first kappa shape index (κ1) is 13.7. The van der Waals surface area contributed by atoms with Crippen molar-refractivity contribution < 1.29 is 4.74 Å². The van der Waals surface area contributed by atoms with Gasteiger partial charge in [0.05, 0.1) is 30.0 Å². The van der Waals surface area contributed by atoms with Crippen LogP contribution in [0, 0.1) is 11.3 Å². The molecule has 0 aliphatic carbocycles. The number of rotatable bonds is 4. The first-order chi connectivity index (χ1) is 10.2. The van der Waals surface area contributed by atoms with Gasteiger partial charge in [-0.25, -0.2) is 4.98 Å². The van der Waals surface area contributed by atoms with Crippen LogP contribution < -0.4 is 4.74 Å². The quantitative estimate of drug-likeness (QED) is 0.733. The Hall–Kier alpha value is -2.32. The van der Waals surface area contributed by atoms with E-state index in [1.54, 1.807) is 11.3 Å². The number of imidazole rings is 1. The lowest BCUT2D eigenvalue weighted by Gasteiger charge is -2.09. The van der Waals surface area contributed by atoms with Gasteiger partial charge in [0.2, 0.25) is 0 Å². The van der Waals surface area contributed by atoms with E-state index in [-0.39, 0.29) is 6.10 Å². The van der Waals surface area contributed by atoms with Crippen molar-refractivity contribution in [3.8, 4) is 23.1 Å². The summed E-state index contributed by atoms with van der Waals surface area (Å²) in [5, 5.41) is 11.0. The summed E-state index contributed by atoms with van der Waals surface area (Å²) in [6.45, 7) is 4.00. The van der Waals surface area contributed by atoms with Crippen LogP contribution in [0.25, 0.3) is 16.2 Å². The molecule has 0 bridgehead atoms. The zero-order valence-electron chi connectivity index (χ0n) is 11.9. The average molecular weight is 297 g/mol. The van der Waals surface area contributed by atoms with Crippen LogP contribution >= 0.6 is 11.3 Å². The maximum Gasteiger partial charge on any atom is 0.194 e. The number of thiazole rings is 1. The van der Waals surface area contributed by atoms with Crippen molar-refractivity contribution in [2.24, 2.45) is 0 Å². The first-order valence-electron chi connectivity index (χ1n) is 6.77. The lowest BCUT2D eigenvalue weighted by Crippen LogP contribution is -2.05. The summed E-state index contributed by atoms with van der Waals surface area (Å²) in [6, 6.07) is 10.1. The summed E-state index contributed by atoms with van der Waals surface area (Å²) in [5.41, 5.74) is 2.82. The van der Waals surface area contributed by atoms with Crippen molar-refractivity contribution in [2.75, 3.05) is 0 Å². The smallest absolute Gasteiger partial charge is 0.194 e. The Kier molecular flexibility index (Phi) is 3.63. The standard InChI is InChI=1S/C16H15N3OS/c1-11(2)20-13-5-3-12(4-6-13)15-14(7-8-17)19-9-10-21-16(19)18-15/h3-6,9-11H,7H2,1-2H3. The normalized spacial score (nSPS) is 11.0. The summed E-state index contributed by atoms with van der Waals surface area (Å²) < 4.78 is 7.64. The molecule has 5 heteroatoms. The predicted octanol–water partition coefficient (Wildman–Crippen LogP) is 3.92. The Morgan fingerprint density at radius 1 is 1.33 bits per heavy atom. The van der Waals surface area contributed by atoms with Crippen LogP contribution in [0.15, 0.2) is 35.8 Å². The Morgan fingerprint density at radius 3 is 2.76 bits per heavy atom. The van der Waals surface area contributed by atoms with Gasteiger partial charge in [-0.05, 0) is 38.1 Å².